The molecule has 138 valence electrons. The lowest BCUT2D eigenvalue weighted by atomic mass is 9.90. The van der Waals surface area contributed by atoms with E-state index in [1.54, 1.807) is 0 Å². The average Bonchev–Trinajstić information content (AvgIpc) is 2.68. The van der Waals surface area contributed by atoms with E-state index in [-0.39, 0.29) is 0 Å². The van der Waals surface area contributed by atoms with Gasteiger partial charge in [0, 0.05) is 18.3 Å². The van der Waals surface area contributed by atoms with Gasteiger partial charge in [-0.25, -0.2) is 0 Å². The van der Waals surface area contributed by atoms with Gasteiger partial charge in [-0.15, -0.1) is 0 Å². The third kappa shape index (κ3) is 5.63. The molecular formula is C23H30N2O. The Kier molecular flexibility index (Phi) is 6.73. The quantitative estimate of drug-likeness (QED) is 0.689. The molecule has 1 heterocycles. The highest BCUT2D eigenvalue weighted by molar-refractivity contribution is 5.48. The Morgan fingerprint density at radius 2 is 1.92 bits per heavy atom. The zero-order valence-corrected chi connectivity index (χ0v) is 15.9. The van der Waals surface area contributed by atoms with Crippen LogP contribution in [0.15, 0.2) is 66.2 Å². The fourth-order valence-electron chi connectivity index (χ4n) is 3.42. The standard InChI is InChI=1S/C23H30N2O/c1-18(2)15-23(20-9-6-14-24-16-20)25-21-10-12-22(13-11-21)26-17-19-7-4-3-5-8-19/h3-5,7-8,10-13,15,20,23-25H,6,9,14,16-17H2,1-2H3. The van der Waals surface area contributed by atoms with Crippen molar-refractivity contribution in [2.24, 2.45) is 5.92 Å². The Morgan fingerprint density at radius 3 is 2.58 bits per heavy atom. The Hall–Kier alpha value is -2.26. The molecule has 2 atom stereocenters. The molecule has 1 saturated heterocycles. The molecule has 3 heteroatoms. The molecule has 2 N–H and O–H groups in total. The van der Waals surface area contributed by atoms with Crippen LogP contribution < -0.4 is 15.4 Å². The molecule has 1 aliphatic heterocycles. The predicted octanol–water partition coefficient (Wildman–Crippen LogP) is 5.01. The van der Waals surface area contributed by atoms with Gasteiger partial charge in [-0.1, -0.05) is 42.0 Å². The lowest BCUT2D eigenvalue weighted by molar-refractivity contribution is 0.306. The number of nitrogens with one attached hydrogen (secondary N) is 2. The third-order valence-corrected chi connectivity index (χ3v) is 4.79. The smallest absolute Gasteiger partial charge is 0.119 e. The van der Waals surface area contributed by atoms with Crippen LogP contribution in [0.2, 0.25) is 0 Å². The van der Waals surface area contributed by atoms with Gasteiger partial charge in [0.1, 0.15) is 12.4 Å². The first kappa shape index (κ1) is 18.5. The summed E-state index contributed by atoms with van der Waals surface area (Å²) in [5.41, 5.74) is 3.68. The van der Waals surface area contributed by atoms with Crippen molar-refractivity contribution in [3.63, 3.8) is 0 Å². The molecule has 0 radical (unpaired) electrons. The molecule has 2 aromatic rings. The Labute approximate surface area is 157 Å². The lowest BCUT2D eigenvalue weighted by Gasteiger charge is -2.30. The molecule has 0 saturated carbocycles. The fraction of sp³-hybridized carbons (Fsp3) is 0.391. The maximum Gasteiger partial charge on any atom is 0.119 e. The van der Waals surface area contributed by atoms with Gasteiger partial charge in [0.25, 0.3) is 0 Å². The topological polar surface area (TPSA) is 33.3 Å². The molecule has 1 fully saturated rings. The first-order valence-electron chi connectivity index (χ1n) is 9.60. The number of rotatable bonds is 7. The molecule has 0 spiro atoms. The van der Waals surface area contributed by atoms with Gasteiger partial charge in [0.05, 0.1) is 0 Å². The molecule has 0 bridgehead atoms. The monoisotopic (exact) mass is 350 g/mol. The molecule has 2 unspecified atom stereocenters. The van der Waals surface area contributed by atoms with E-state index in [4.69, 9.17) is 4.74 Å². The number of hydrogen-bond acceptors (Lipinski definition) is 3. The van der Waals surface area contributed by atoms with Crippen LogP contribution in [0.3, 0.4) is 0 Å². The van der Waals surface area contributed by atoms with Crippen molar-refractivity contribution in [1.29, 1.82) is 0 Å². The summed E-state index contributed by atoms with van der Waals surface area (Å²) >= 11 is 0. The van der Waals surface area contributed by atoms with E-state index in [2.05, 4.69) is 54.8 Å². The Balaban J connectivity index is 1.60. The van der Waals surface area contributed by atoms with E-state index in [0.29, 0.717) is 18.6 Å². The van der Waals surface area contributed by atoms with Gasteiger partial charge in [0.15, 0.2) is 0 Å². The number of ether oxygens (including phenoxy) is 1. The number of benzene rings is 2. The van der Waals surface area contributed by atoms with Crippen molar-refractivity contribution in [2.45, 2.75) is 39.3 Å². The van der Waals surface area contributed by atoms with Crippen molar-refractivity contribution in [2.75, 3.05) is 18.4 Å². The van der Waals surface area contributed by atoms with Gasteiger partial charge < -0.3 is 15.4 Å². The summed E-state index contributed by atoms with van der Waals surface area (Å²) in [6, 6.07) is 18.9. The maximum absolute atomic E-state index is 5.88. The van der Waals surface area contributed by atoms with Gasteiger partial charge in [-0.05, 0) is 69.0 Å². The van der Waals surface area contributed by atoms with Crippen molar-refractivity contribution >= 4 is 5.69 Å². The summed E-state index contributed by atoms with van der Waals surface area (Å²) < 4.78 is 5.88. The Bertz CT molecular complexity index is 684. The van der Waals surface area contributed by atoms with E-state index < -0.39 is 0 Å². The first-order valence-corrected chi connectivity index (χ1v) is 9.60. The molecule has 2 aromatic carbocycles. The highest BCUT2D eigenvalue weighted by Crippen LogP contribution is 2.23. The van der Waals surface area contributed by atoms with Crippen LogP contribution in [-0.4, -0.2) is 19.1 Å². The number of piperidine rings is 1. The summed E-state index contributed by atoms with van der Waals surface area (Å²) in [6.07, 6.45) is 4.88. The van der Waals surface area contributed by atoms with Crippen molar-refractivity contribution < 1.29 is 4.74 Å². The number of allylic oxidation sites excluding steroid dienone is 1. The van der Waals surface area contributed by atoms with E-state index >= 15 is 0 Å². The lowest BCUT2D eigenvalue weighted by Crippen LogP contribution is -2.39. The fourth-order valence-corrected chi connectivity index (χ4v) is 3.42. The molecule has 0 aromatic heterocycles. The largest absolute Gasteiger partial charge is 0.489 e. The zero-order valence-electron chi connectivity index (χ0n) is 15.9. The maximum atomic E-state index is 5.88. The van der Waals surface area contributed by atoms with E-state index in [1.807, 2.05) is 30.3 Å². The minimum atomic E-state index is 0.365. The van der Waals surface area contributed by atoms with Crippen LogP contribution in [0.25, 0.3) is 0 Å². The van der Waals surface area contributed by atoms with Gasteiger partial charge in [-0.3, -0.25) is 0 Å². The zero-order chi connectivity index (χ0) is 18.2. The number of hydrogen-bond donors (Lipinski definition) is 2. The summed E-state index contributed by atoms with van der Waals surface area (Å²) in [5.74, 6) is 1.53. The van der Waals surface area contributed by atoms with Crippen LogP contribution in [0.1, 0.15) is 32.3 Å². The summed E-state index contributed by atoms with van der Waals surface area (Å²) in [4.78, 5) is 0. The second kappa shape index (κ2) is 9.44. The SMILES string of the molecule is CC(C)=CC(Nc1ccc(OCc2ccccc2)cc1)C1CCCNC1. The molecule has 0 amide bonds. The van der Waals surface area contributed by atoms with Crippen LogP contribution in [0, 0.1) is 5.92 Å². The second-order valence-electron chi connectivity index (χ2n) is 7.32. The van der Waals surface area contributed by atoms with Crippen LogP contribution in [-0.2, 0) is 6.61 Å². The molecule has 1 aliphatic rings. The van der Waals surface area contributed by atoms with Crippen molar-refractivity contribution in [1.82, 2.24) is 5.32 Å². The summed E-state index contributed by atoms with van der Waals surface area (Å²) in [6.45, 7) is 7.17. The van der Waals surface area contributed by atoms with Crippen LogP contribution in [0.5, 0.6) is 5.75 Å². The highest BCUT2D eigenvalue weighted by Gasteiger charge is 2.21. The summed E-state index contributed by atoms with van der Waals surface area (Å²) in [5, 5.41) is 7.24. The molecular weight excluding hydrogens is 320 g/mol. The van der Waals surface area contributed by atoms with E-state index in [0.717, 1.165) is 24.5 Å². The van der Waals surface area contributed by atoms with E-state index in [1.165, 1.54) is 24.0 Å². The minimum absolute atomic E-state index is 0.365. The van der Waals surface area contributed by atoms with Crippen LogP contribution >= 0.6 is 0 Å². The minimum Gasteiger partial charge on any atom is -0.489 e. The number of anilines is 1. The van der Waals surface area contributed by atoms with Crippen molar-refractivity contribution in [3.05, 3.63) is 71.8 Å². The molecule has 3 nitrogen and oxygen atoms in total. The summed E-state index contributed by atoms with van der Waals surface area (Å²) in [7, 11) is 0. The molecule has 0 aliphatic carbocycles. The molecule has 26 heavy (non-hydrogen) atoms. The third-order valence-electron chi connectivity index (χ3n) is 4.79. The van der Waals surface area contributed by atoms with Crippen LogP contribution in [0.4, 0.5) is 5.69 Å². The van der Waals surface area contributed by atoms with Gasteiger partial charge >= 0.3 is 0 Å². The molecule has 3 rings (SSSR count). The Morgan fingerprint density at radius 1 is 1.15 bits per heavy atom. The van der Waals surface area contributed by atoms with Gasteiger partial charge in [-0.2, -0.15) is 0 Å². The normalized spacial score (nSPS) is 18.0. The highest BCUT2D eigenvalue weighted by atomic mass is 16.5. The first-order chi connectivity index (χ1) is 12.7. The average molecular weight is 351 g/mol. The van der Waals surface area contributed by atoms with Crippen molar-refractivity contribution in [3.8, 4) is 5.75 Å². The van der Waals surface area contributed by atoms with Gasteiger partial charge in [0.2, 0.25) is 0 Å². The predicted molar refractivity (Wildman–Crippen MR) is 110 cm³/mol. The van der Waals surface area contributed by atoms with E-state index in [9.17, 15) is 0 Å². The second-order valence-corrected chi connectivity index (χ2v) is 7.32.